The summed E-state index contributed by atoms with van der Waals surface area (Å²) in [6.45, 7) is 11.1. The van der Waals surface area contributed by atoms with Crippen molar-refractivity contribution in [3.05, 3.63) is 0 Å². The van der Waals surface area contributed by atoms with E-state index in [4.69, 9.17) is 18.9 Å². The molecule has 0 aliphatic heterocycles. The number of nitrogens with one attached hydrogen (secondary N) is 2. The van der Waals surface area contributed by atoms with Gasteiger partial charge in [0.15, 0.2) is 0 Å². The Bertz CT molecular complexity index is 872. The number of alkyl carbamates (subject to hydrolysis) is 2. The number of nitrogens with zero attached hydrogens (tertiary/aromatic N) is 1. The highest BCUT2D eigenvalue weighted by atomic mass is 32.2. The summed E-state index contributed by atoms with van der Waals surface area (Å²) in [6.07, 6.45) is 8.64. The van der Waals surface area contributed by atoms with Crippen molar-refractivity contribution in [2.75, 3.05) is 12.9 Å². The molecule has 10 nitrogen and oxygen atoms in total. The van der Waals surface area contributed by atoms with Crippen LogP contribution in [0.2, 0.25) is 0 Å². The number of amides is 2. The molecule has 2 saturated carbocycles. The van der Waals surface area contributed by atoms with E-state index in [1.165, 1.54) is 0 Å². The first-order chi connectivity index (χ1) is 17.0. The molecule has 2 amide bonds. The van der Waals surface area contributed by atoms with E-state index < -0.39 is 27.4 Å². The summed E-state index contributed by atoms with van der Waals surface area (Å²) >= 11 is 0. The summed E-state index contributed by atoms with van der Waals surface area (Å²) in [4.78, 5) is 23.4. The first-order valence-corrected chi connectivity index (χ1v) is 15.0. The van der Waals surface area contributed by atoms with Crippen molar-refractivity contribution in [1.82, 2.24) is 10.6 Å². The quantitative estimate of drug-likeness (QED) is 0.442. The highest BCUT2D eigenvalue weighted by Crippen LogP contribution is 2.27. The van der Waals surface area contributed by atoms with Crippen molar-refractivity contribution < 1.29 is 31.7 Å². The smallest absolute Gasteiger partial charge is 0.407 e. The lowest BCUT2D eigenvalue weighted by atomic mass is 9.83. The maximum atomic E-state index is 11.8. The lowest BCUT2D eigenvalue weighted by molar-refractivity contribution is 0.0447. The fourth-order valence-corrected chi connectivity index (χ4v) is 4.91. The predicted molar refractivity (Wildman–Crippen MR) is 141 cm³/mol. The Morgan fingerprint density at radius 1 is 0.811 bits per heavy atom. The topological polar surface area (TPSA) is 144 Å². The van der Waals surface area contributed by atoms with Gasteiger partial charge in [0.25, 0.3) is 10.1 Å². The minimum Gasteiger partial charge on any atom is -0.444 e. The molecule has 2 rings (SSSR count). The van der Waals surface area contributed by atoms with Crippen LogP contribution in [0.5, 0.6) is 0 Å². The van der Waals surface area contributed by atoms with Crippen LogP contribution in [0, 0.1) is 23.2 Å². The highest BCUT2D eigenvalue weighted by Gasteiger charge is 2.30. The van der Waals surface area contributed by atoms with E-state index in [1.54, 1.807) is 20.8 Å². The van der Waals surface area contributed by atoms with E-state index in [9.17, 15) is 18.0 Å². The average Bonchev–Trinajstić information content (AvgIpc) is 2.72. The normalized spacial score (nSPS) is 24.5. The minimum absolute atomic E-state index is 0.00555. The molecule has 2 N–H and O–H groups in total. The van der Waals surface area contributed by atoms with E-state index in [1.807, 2.05) is 20.8 Å². The fraction of sp³-hybridized carbons (Fsp3) is 0.885. The number of ether oxygens (including phenoxy) is 2. The molecule has 0 saturated heterocycles. The molecule has 4 atom stereocenters. The third kappa shape index (κ3) is 15.7. The lowest BCUT2D eigenvalue weighted by Crippen LogP contribution is -2.45. The summed E-state index contributed by atoms with van der Waals surface area (Å²) in [5, 5.41) is 14.5. The van der Waals surface area contributed by atoms with E-state index >= 15 is 0 Å². The molecule has 0 unspecified atom stereocenters. The SMILES string of the molecule is CC(C)(C)OC(=O)N[C@H]1CCCC[C@@H]1CC#N.CC(C)(C)OC(=O)N[C@H]1CCCC[C@@H]1COS(C)(=O)=O. The van der Waals surface area contributed by atoms with Crippen molar-refractivity contribution in [1.29, 1.82) is 5.26 Å². The molecule has 0 bridgehead atoms. The van der Waals surface area contributed by atoms with Crippen LogP contribution in [0.1, 0.15) is 99.3 Å². The molecule has 0 aromatic rings. The summed E-state index contributed by atoms with van der Waals surface area (Å²) in [5.74, 6) is 0.285. The summed E-state index contributed by atoms with van der Waals surface area (Å²) in [5.41, 5.74) is -1.01. The molecular formula is C26H47N3O7S. The maximum Gasteiger partial charge on any atom is 0.407 e. The summed E-state index contributed by atoms with van der Waals surface area (Å²) in [6, 6.07) is 2.20. The van der Waals surface area contributed by atoms with E-state index in [2.05, 4.69) is 16.7 Å². The average molecular weight is 546 g/mol. The molecule has 37 heavy (non-hydrogen) atoms. The molecule has 2 fully saturated rings. The number of hydrogen-bond acceptors (Lipinski definition) is 8. The molecule has 0 heterocycles. The molecule has 0 aromatic heterocycles. The van der Waals surface area contributed by atoms with Crippen molar-refractivity contribution in [2.45, 2.75) is 123 Å². The Balaban J connectivity index is 0.000000375. The molecule has 2 aliphatic rings. The molecule has 214 valence electrons. The van der Waals surface area contributed by atoms with Crippen LogP contribution in [-0.2, 0) is 23.8 Å². The fourth-order valence-electron chi connectivity index (χ4n) is 4.49. The first kappa shape index (κ1) is 33.0. The predicted octanol–water partition coefficient (Wildman–Crippen LogP) is 5.03. The summed E-state index contributed by atoms with van der Waals surface area (Å²) < 4.78 is 37.4. The van der Waals surface area contributed by atoms with E-state index in [0.717, 1.165) is 57.6 Å². The lowest BCUT2D eigenvalue weighted by Gasteiger charge is -2.32. The second-order valence-corrected chi connectivity index (χ2v) is 13.6. The third-order valence-corrected chi connectivity index (χ3v) is 6.64. The Hall–Kier alpha value is -2.06. The number of carbonyl (C=O) groups is 2. The molecule has 0 aromatic carbocycles. The van der Waals surface area contributed by atoms with Gasteiger partial charge in [-0.3, -0.25) is 4.18 Å². The van der Waals surface area contributed by atoms with Gasteiger partial charge in [0.2, 0.25) is 0 Å². The zero-order valence-electron chi connectivity index (χ0n) is 23.6. The minimum atomic E-state index is -3.45. The zero-order valence-corrected chi connectivity index (χ0v) is 24.4. The van der Waals surface area contributed by atoms with Crippen LogP contribution in [0.4, 0.5) is 9.59 Å². The van der Waals surface area contributed by atoms with Gasteiger partial charge in [0.05, 0.1) is 18.9 Å². The third-order valence-electron chi connectivity index (χ3n) is 6.07. The molecular weight excluding hydrogens is 498 g/mol. The van der Waals surface area contributed by atoms with Gasteiger partial charge in [-0.1, -0.05) is 25.7 Å². The van der Waals surface area contributed by atoms with Crippen LogP contribution in [0.15, 0.2) is 0 Å². The Morgan fingerprint density at radius 3 is 1.62 bits per heavy atom. The van der Waals surface area contributed by atoms with Gasteiger partial charge < -0.3 is 20.1 Å². The van der Waals surface area contributed by atoms with Gasteiger partial charge >= 0.3 is 12.2 Å². The maximum absolute atomic E-state index is 11.8. The largest absolute Gasteiger partial charge is 0.444 e. The van der Waals surface area contributed by atoms with Crippen molar-refractivity contribution in [2.24, 2.45) is 11.8 Å². The highest BCUT2D eigenvalue weighted by molar-refractivity contribution is 7.85. The van der Waals surface area contributed by atoms with Gasteiger partial charge in [-0.15, -0.1) is 0 Å². The second-order valence-electron chi connectivity index (χ2n) is 11.9. The number of carbonyl (C=O) groups excluding carboxylic acids is 2. The molecule has 0 radical (unpaired) electrons. The van der Waals surface area contributed by atoms with Crippen LogP contribution in [-0.4, -0.2) is 56.8 Å². The van der Waals surface area contributed by atoms with Crippen molar-refractivity contribution in [3.8, 4) is 6.07 Å². The van der Waals surface area contributed by atoms with Crippen LogP contribution in [0.3, 0.4) is 0 Å². The van der Waals surface area contributed by atoms with Crippen molar-refractivity contribution >= 4 is 22.3 Å². The van der Waals surface area contributed by atoms with Gasteiger partial charge in [-0.2, -0.15) is 13.7 Å². The number of hydrogen-bond donors (Lipinski definition) is 2. The van der Waals surface area contributed by atoms with E-state index in [-0.39, 0.29) is 36.6 Å². The molecule has 11 heteroatoms. The molecule has 0 spiro atoms. The van der Waals surface area contributed by atoms with Gasteiger partial charge in [-0.25, -0.2) is 9.59 Å². The Morgan fingerprint density at radius 2 is 1.22 bits per heavy atom. The van der Waals surface area contributed by atoms with Crippen LogP contribution >= 0.6 is 0 Å². The Kier molecular flexibility index (Phi) is 13.2. The standard InChI is InChI=1S/C13H22N2O2.C13H25NO5S/c1-13(2,3)17-12(16)15-11-7-5-4-6-10(11)8-9-14;1-13(2,3)19-12(15)14-11-8-6-5-7-10(11)9-18-20(4,16)17/h10-11H,4-8H2,1-3H3,(H,15,16);10-11H,5-9H2,1-4H3,(H,14,15)/t2*10-,11+/m11/s1. The first-order valence-electron chi connectivity index (χ1n) is 13.2. The van der Waals surface area contributed by atoms with Crippen LogP contribution < -0.4 is 10.6 Å². The number of nitriles is 1. The van der Waals surface area contributed by atoms with Crippen LogP contribution in [0.25, 0.3) is 0 Å². The van der Waals surface area contributed by atoms with Gasteiger partial charge in [-0.05, 0) is 73.1 Å². The van der Waals surface area contributed by atoms with Gasteiger partial charge in [0.1, 0.15) is 11.2 Å². The van der Waals surface area contributed by atoms with E-state index in [0.29, 0.717) is 6.42 Å². The Labute approximate surface area is 223 Å². The number of rotatable bonds is 6. The zero-order chi connectivity index (χ0) is 28.3. The van der Waals surface area contributed by atoms with Gasteiger partial charge in [0, 0.05) is 24.4 Å². The molecule has 2 aliphatic carbocycles. The second kappa shape index (κ2) is 14.8. The monoisotopic (exact) mass is 545 g/mol. The van der Waals surface area contributed by atoms with Crippen molar-refractivity contribution in [3.63, 3.8) is 0 Å². The summed E-state index contributed by atoms with van der Waals surface area (Å²) in [7, 11) is -3.45.